The molecular formula is C21H27BrN4O. The van der Waals surface area contributed by atoms with Crippen LogP contribution in [-0.2, 0) is 0 Å². The Bertz CT molecular complexity index is 837. The van der Waals surface area contributed by atoms with Crippen LogP contribution in [0.4, 0.5) is 5.82 Å². The zero-order chi connectivity index (χ0) is 19.6. The number of benzene rings is 1. The number of rotatable bonds is 3. The molecule has 0 aliphatic carbocycles. The lowest BCUT2D eigenvalue weighted by atomic mass is 10.0. The van der Waals surface area contributed by atoms with E-state index in [1.165, 1.54) is 5.56 Å². The zero-order valence-electron chi connectivity index (χ0n) is 16.5. The SMILES string of the molecule is Cc1nc(C)c(C(C)C)c(N2CCCN(C(=O)c3ccccc3Br)CC2)n1. The van der Waals surface area contributed by atoms with Crippen molar-refractivity contribution in [2.24, 2.45) is 0 Å². The highest BCUT2D eigenvalue weighted by Gasteiger charge is 2.25. The topological polar surface area (TPSA) is 49.3 Å². The van der Waals surface area contributed by atoms with Crippen LogP contribution in [-0.4, -0.2) is 47.0 Å². The lowest BCUT2D eigenvalue weighted by Crippen LogP contribution is -2.36. The molecule has 0 spiro atoms. The van der Waals surface area contributed by atoms with Gasteiger partial charge in [0.2, 0.25) is 0 Å². The number of aromatic nitrogens is 2. The third-order valence-corrected chi connectivity index (χ3v) is 5.68. The van der Waals surface area contributed by atoms with Gasteiger partial charge < -0.3 is 9.80 Å². The van der Waals surface area contributed by atoms with E-state index >= 15 is 0 Å². The molecule has 1 aliphatic rings. The molecule has 27 heavy (non-hydrogen) atoms. The number of nitrogens with zero attached hydrogens (tertiary/aromatic N) is 4. The maximum atomic E-state index is 13.0. The fourth-order valence-corrected chi connectivity index (χ4v) is 4.21. The van der Waals surface area contributed by atoms with Gasteiger partial charge in [0.25, 0.3) is 5.91 Å². The highest BCUT2D eigenvalue weighted by molar-refractivity contribution is 9.10. The van der Waals surface area contributed by atoms with Gasteiger partial charge in [-0.2, -0.15) is 0 Å². The Labute approximate surface area is 169 Å². The van der Waals surface area contributed by atoms with Gasteiger partial charge in [-0.15, -0.1) is 0 Å². The number of hydrogen-bond donors (Lipinski definition) is 0. The van der Waals surface area contributed by atoms with Crippen LogP contribution in [0.25, 0.3) is 0 Å². The lowest BCUT2D eigenvalue weighted by molar-refractivity contribution is 0.0766. The first-order chi connectivity index (χ1) is 12.9. The van der Waals surface area contributed by atoms with Crippen molar-refractivity contribution in [2.45, 2.75) is 40.0 Å². The highest BCUT2D eigenvalue weighted by atomic mass is 79.9. The smallest absolute Gasteiger partial charge is 0.255 e. The summed E-state index contributed by atoms with van der Waals surface area (Å²) in [7, 11) is 0. The first-order valence-electron chi connectivity index (χ1n) is 9.52. The Morgan fingerprint density at radius 1 is 1.07 bits per heavy atom. The molecule has 0 unspecified atom stereocenters. The zero-order valence-corrected chi connectivity index (χ0v) is 18.1. The summed E-state index contributed by atoms with van der Waals surface area (Å²) >= 11 is 3.50. The highest BCUT2D eigenvalue weighted by Crippen LogP contribution is 2.29. The van der Waals surface area contributed by atoms with Gasteiger partial charge in [-0.05, 0) is 54.2 Å². The molecule has 5 nitrogen and oxygen atoms in total. The maximum Gasteiger partial charge on any atom is 0.255 e. The standard InChI is InChI=1S/C21H27BrN4O/c1-14(2)19-15(3)23-16(4)24-20(19)25-10-7-11-26(13-12-25)21(27)17-8-5-6-9-18(17)22/h5-6,8-9,14H,7,10-13H2,1-4H3. The van der Waals surface area contributed by atoms with Gasteiger partial charge in [0.05, 0.1) is 5.56 Å². The molecule has 0 N–H and O–H groups in total. The van der Waals surface area contributed by atoms with E-state index in [0.717, 1.165) is 53.4 Å². The van der Waals surface area contributed by atoms with Gasteiger partial charge in [0, 0.05) is 41.9 Å². The predicted octanol–water partition coefficient (Wildman–Crippen LogP) is 4.33. The minimum Gasteiger partial charge on any atom is -0.354 e. The van der Waals surface area contributed by atoms with Crippen molar-refractivity contribution in [3.63, 3.8) is 0 Å². The van der Waals surface area contributed by atoms with Crippen LogP contribution in [0.1, 0.15) is 53.6 Å². The van der Waals surface area contributed by atoms with E-state index in [-0.39, 0.29) is 5.91 Å². The Hall–Kier alpha value is -1.95. The molecular weight excluding hydrogens is 404 g/mol. The Morgan fingerprint density at radius 3 is 2.52 bits per heavy atom. The van der Waals surface area contributed by atoms with E-state index in [2.05, 4.69) is 46.6 Å². The molecule has 1 aromatic carbocycles. The van der Waals surface area contributed by atoms with Gasteiger partial charge in [0.15, 0.2) is 0 Å². The van der Waals surface area contributed by atoms with Crippen molar-refractivity contribution in [3.8, 4) is 0 Å². The number of anilines is 1. The molecule has 1 aromatic heterocycles. The molecule has 0 saturated carbocycles. The summed E-state index contributed by atoms with van der Waals surface area (Å²) in [5, 5.41) is 0. The average molecular weight is 431 g/mol. The fourth-order valence-electron chi connectivity index (χ4n) is 3.76. The van der Waals surface area contributed by atoms with Gasteiger partial charge in [0.1, 0.15) is 11.6 Å². The molecule has 1 fully saturated rings. The fraction of sp³-hybridized carbons (Fsp3) is 0.476. The molecule has 144 valence electrons. The van der Waals surface area contributed by atoms with Crippen molar-refractivity contribution in [2.75, 3.05) is 31.1 Å². The van der Waals surface area contributed by atoms with Crippen LogP contribution < -0.4 is 4.90 Å². The van der Waals surface area contributed by atoms with Gasteiger partial charge >= 0.3 is 0 Å². The molecule has 1 amide bonds. The molecule has 0 bridgehead atoms. The quantitative estimate of drug-likeness (QED) is 0.726. The first kappa shape index (κ1) is 19.8. The summed E-state index contributed by atoms with van der Waals surface area (Å²) in [5.41, 5.74) is 2.99. The van der Waals surface area contributed by atoms with Crippen molar-refractivity contribution >= 4 is 27.7 Å². The molecule has 6 heteroatoms. The number of amides is 1. The second kappa shape index (κ2) is 8.38. The van der Waals surface area contributed by atoms with E-state index in [4.69, 9.17) is 4.98 Å². The number of carbonyl (C=O) groups excluding carboxylic acids is 1. The monoisotopic (exact) mass is 430 g/mol. The van der Waals surface area contributed by atoms with Gasteiger partial charge in [-0.25, -0.2) is 9.97 Å². The summed E-state index contributed by atoms with van der Waals surface area (Å²) in [6.07, 6.45) is 0.926. The van der Waals surface area contributed by atoms with E-state index in [1.54, 1.807) is 0 Å². The first-order valence-corrected chi connectivity index (χ1v) is 10.3. The second-order valence-electron chi connectivity index (χ2n) is 7.36. The molecule has 1 saturated heterocycles. The Balaban J connectivity index is 1.82. The van der Waals surface area contributed by atoms with Crippen molar-refractivity contribution in [3.05, 3.63) is 51.4 Å². The molecule has 2 aromatic rings. The minimum absolute atomic E-state index is 0.0865. The van der Waals surface area contributed by atoms with Crippen LogP contribution in [0.3, 0.4) is 0 Å². The van der Waals surface area contributed by atoms with Crippen LogP contribution in [0, 0.1) is 13.8 Å². The normalized spacial score (nSPS) is 15.2. The summed E-state index contributed by atoms with van der Waals surface area (Å²) in [5.74, 6) is 2.29. The number of hydrogen-bond acceptors (Lipinski definition) is 4. The van der Waals surface area contributed by atoms with E-state index in [9.17, 15) is 4.79 Å². The van der Waals surface area contributed by atoms with Crippen LogP contribution in [0.2, 0.25) is 0 Å². The van der Waals surface area contributed by atoms with Crippen molar-refractivity contribution in [1.29, 1.82) is 0 Å². The maximum absolute atomic E-state index is 13.0. The third-order valence-electron chi connectivity index (χ3n) is 4.99. The van der Waals surface area contributed by atoms with Crippen LogP contribution in [0.5, 0.6) is 0 Å². The van der Waals surface area contributed by atoms with Crippen molar-refractivity contribution in [1.82, 2.24) is 14.9 Å². The number of carbonyl (C=O) groups is 1. The summed E-state index contributed by atoms with van der Waals surface area (Å²) in [6.45, 7) is 11.5. The van der Waals surface area contributed by atoms with E-state index in [1.807, 2.05) is 36.1 Å². The lowest BCUT2D eigenvalue weighted by Gasteiger charge is -2.27. The third kappa shape index (κ3) is 4.32. The van der Waals surface area contributed by atoms with Crippen LogP contribution in [0.15, 0.2) is 28.7 Å². The van der Waals surface area contributed by atoms with E-state index in [0.29, 0.717) is 12.5 Å². The molecule has 2 heterocycles. The van der Waals surface area contributed by atoms with Gasteiger partial charge in [-0.3, -0.25) is 4.79 Å². The van der Waals surface area contributed by atoms with Crippen LogP contribution >= 0.6 is 15.9 Å². The molecule has 1 aliphatic heterocycles. The average Bonchev–Trinajstić information content (AvgIpc) is 2.86. The molecule has 0 radical (unpaired) electrons. The predicted molar refractivity (Wildman–Crippen MR) is 112 cm³/mol. The Kier molecular flexibility index (Phi) is 6.15. The number of aryl methyl sites for hydroxylation is 2. The molecule has 3 rings (SSSR count). The van der Waals surface area contributed by atoms with E-state index < -0.39 is 0 Å². The Morgan fingerprint density at radius 2 is 1.81 bits per heavy atom. The minimum atomic E-state index is 0.0865. The summed E-state index contributed by atoms with van der Waals surface area (Å²) in [6, 6.07) is 7.63. The second-order valence-corrected chi connectivity index (χ2v) is 8.22. The number of halogens is 1. The van der Waals surface area contributed by atoms with Crippen molar-refractivity contribution < 1.29 is 4.79 Å². The summed E-state index contributed by atoms with van der Waals surface area (Å²) in [4.78, 5) is 26.6. The molecule has 0 atom stereocenters. The van der Waals surface area contributed by atoms with Gasteiger partial charge in [-0.1, -0.05) is 26.0 Å². The summed E-state index contributed by atoms with van der Waals surface area (Å²) < 4.78 is 0.847. The largest absolute Gasteiger partial charge is 0.354 e.